The number of anilines is 1. The molecule has 0 amide bonds. The van der Waals surface area contributed by atoms with Gasteiger partial charge in [-0.3, -0.25) is 0 Å². The van der Waals surface area contributed by atoms with Gasteiger partial charge in [-0.1, -0.05) is 43.6 Å². The van der Waals surface area contributed by atoms with Crippen molar-refractivity contribution in [3.05, 3.63) is 28.8 Å². The van der Waals surface area contributed by atoms with Gasteiger partial charge < -0.3 is 10.6 Å². The van der Waals surface area contributed by atoms with Crippen LogP contribution < -0.4 is 10.6 Å². The lowest BCUT2D eigenvalue weighted by molar-refractivity contribution is 0.556. The number of hydrogen-bond acceptors (Lipinski definition) is 2. The van der Waals surface area contributed by atoms with E-state index in [-0.39, 0.29) is 0 Å². The third kappa shape index (κ3) is 3.40. The molecule has 0 aromatic heterocycles. The number of thiocarbonyl (C=S) groups is 1. The van der Waals surface area contributed by atoms with E-state index in [1.54, 1.807) is 0 Å². The zero-order chi connectivity index (χ0) is 13.8. The molecule has 1 unspecified atom stereocenters. The number of nitrogens with two attached hydrogens (primary N) is 1. The summed E-state index contributed by atoms with van der Waals surface area (Å²) in [5.41, 5.74) is 7.91. The minimum absolute atomic E-state index is 0.427. The Morgan fingerprint density at radius 3 is 2.89 bits per heavy atom. The van der Waals surface area contributed by atoms with E-state index in [9.17, 15) is 0 Å². The monoisotopic (exact) mass is 296 g/mol. The van der Waals surface area contributed by atoms with Crippen molar-refractivity contribution in [1.29, 1.82) is 0 Å². The van der Waals surface area contributed by atoms with E-state index in [0.717, 1.165) is 24.2 Å². The SMILES string of the molecule is CCC1CCCCCN1c1ccc(Cl)cc1C(N)=S. The van der Waals surface area contributed by atoms with Gasteiger partial charge in [0.2, 0.25) is 0 Å². The maximum absolute atomic E-state index is 6.07. The van der Waals surface area contributed by atoms with Crippen LogP contribution in [-0.4, -0.2) is 17.6 Å². The van der Waals surface area contributed by atoms with E-state index >= 15 is 0 Å². The molecule has 2 rings (SSSR count). The normalized spacial score (nSPS) is 20.1. The predicted octanol–water partition coefficient (Wildman–Crippen LogP) is 4.13. The number of nitrogens with zero attached hydrogens (tertiary/aromatic N) is 1. The summed E-state index contributed by atoms with van der Waals surface area (Å²) >= 11 is 11.2. The Labute approximate surface area is 125 Å². The summed E-state index contributed by atoms with van der Waals surface area (Å²) in [6.45, 7) is 3.33. The molecular weight excluding hydrogens is 276 g/mol. The van der Waals surface area contributed by atoms with Gasteiger partial charge in [-0.25, -0.2) is 0 Å². The van der Waals surface area contributed by atoms with Gasteiger partial charge in [-0.2, -0.15) is 0 Å². The van der Waals surface area contributed by atoms with Crippen LogP contribution in [0.5, 0.6) is 0 Å². The van der Waals surface area contributed by atoms with Gasteiger partial charge >= 0.3 is 0 Å². The minimum atomic E-state index is 0.427. The molecular formula is C15H21ClN2S. The molecule has 4 heteroatoms. The molecule has 0 saturated carbocycles. The van der Waals surface area contributed by atoms with E-state index < -0.39 is 0 Å². The van der Waals surface area contributed by atoms with E-state index in [1.807, 2.05) is 12.1 Å². The van der Waals surface area contributed by atoms with Gasteiger partial charge in [0.25, 0.3) is 0 Å². The highest BCUT2D eigenvalue weighted by molar-refractivity contribution is 7.80. The molecule has 0 radical (unpaired) electrons. The second-order valence-corrected chi connectivity index (χ2v) is 6.01. The summed E-state index contributed by atoms with van der Waals surface area (Å²) < 4.78 is 0. The molecule has 1 aliphatic heterocycles. The molecule has 19 heavy (non-hydrogen) atoms. The number of halogens is 1. The van der Waals surface area contributed by atoms with E-state index in [4.69, 9.17) is 29.6 Å². The van der Waals surface area contributed by atoms with E-state index in [1.165, 1.54) is 25.7 Å². The lowest BCUT2D eigenvalue weighted by Crippen LogP contribution is -2.35. The van der Waals surface area contributed by atoms with E-state index in [2.05, 4.69) is 17.9 Å². The van der Waals surface area contributed by atoms with Gasteiger partial charge in [0.05, 0.1) is 0 Å². The maximum atomic E-state index is 6.07. The maximum Gasteiger partial charge on any atom is 0.106 e. The second-order valence-electron chi connectivity index (χ2n) is 5.13. The van der Waals surface area contributed by atoms with Crippen molar-refractivity contribution in [2.45, 2.75) is 45.1 Å². The Kier molecular flexibility index (Phi) is 5.06. The van der Waals surface area contributed by atoms with Crippen molar-refractivity contribution in [3.63, 3.8) is 0 Å². The fourth-order valence-electron chi connectivity index (χ4n) is 2.88. The molecule has 0 bridgehead atoms. The van der Waals surface area contributed by atoms with Crippen LogP contribution in [0.3, 0.4) is 0 Å². The third-order valence-electron chi connectivity index (χ3n) is 3.88. The molecule has 1 aromatic carbocycles. The molecule has 1 aliphatic rings. The zero-order valence-electron chi connectivity index (χ0n) is 11.4. The molecule has 0 aliphatic carbocycles. The Morgan fingerprint density at radius 2 is 2.21 bits per heavy atom. The first kappa shape index (κ1) is 14.6. The van der Waals surface area contributed by atoms with E-state index in [0.29, 0.717) is 16.1 Å². The lowest BCUT2D eigenvalue weighted by atomic mass is 10.1. The van der Waals surface area contributed by atoms with Crippen molar-refractivity contribution in [1.82, 2.24) is 0 Å². The van der Waals surface area contributed by atoms with Gasteiger partial charge in [-0.05, 0) is 37.5 Å². The molecule has 0 spiro atoms. The summed E-state index contributed by atoms with van der Waals surface area (Å²) in [6, 6.07) is 6.45. The molecule has 1 aromatic rings. The molecule has 104 valence electrons. The van der Waals surface area contributed by atoms with Crippen LogP contribution >= 0.6 is 23.8 Å². The Hall–Kier alpha value is -0.800. The molecule has 1 saturated heterocycles. The third-order valence-corrected chi connectivity index (χ3v) is 4.34. The first-order valence-corrected chi connectivity index (χ1v) is 7.78. The number of rotatable bonds is 3. The Bertz CT molecular complexity index is 461. The molecule has 1 heterocycles. The minimum Gasteiger partial charge on any atom is -0.389 e. The number of benzene rings is 1. The summed E-state index contributed by atoms with van der Waals surface area (Å²) in [5.74, 6) is 0. The smallest absolute Gasteiger partial charge is 0.106 e. The van der Waals surface area contributed by atoms with Gasteiger partial charge in [0.15, 0.2) is 0 Å². The van der Waals surface area contributed by atoms with Crippen LogP contribution in [0.25, 0.3) is 0 Å². The van der Waals surface area contributed by atoms with Crippen molar-refractivity contribution >= 4 is 34.5 Å². The summed E-state index contributed by atoms with van der Waals surface area (Å²) in [5, 5.41) is 0.689. The highest BCUT2D eigenvalue weighted by atomic mass is 35.5. The van der Waals surface area contributed by atoms with Crippen LogP contribution in [0.4, 0.5) is 5.69 Å². The van der Waals surface area contributed by atoms with Crippen molar-refractivity contribution in [2.75, 3.05) is 11.4 Å². The Morgan fingerprint density at radius 1 is 1.42 bits per heavy atom. The standard InChI is InChI=1S/C15H21ClN2S/c1-2-12-6-4-3-5-9-18(12)14-8-7-11(16)10-13(14)15(17)19/h7-8,10,12H,2-6,9H2,1H3,(H2,17,19). The molecule has 1 atom stereocenters. The van der Waals surface area contributed by atoms with Crippen molar-refractivity contribution < 1.29 is 0 Å². The fraction of sp³-hybridized carbons (Fsp3) is 0.533. The first-order chi connectivity index (χ1) is 9.13. The molecule has 2 nitrogen and oxygen atoms in total. The quantitative estimate of drug-likeness (QED) is 0.850. The highest BCUT2D eigenvalue weighted by Gasteiger charge is 2.22. The van der Waals surface area contributed by atoms with Crippen LogP contribution in [0, 0.1) is 0 Å². The average Bonchev–Trinajstić information content (AvgIpc) is 2.63. The fourth-order valence-corrected chi connectivity index (χ4v) is 3.21. The highest BCUT2D eigenvalue weighted by Crippen LogP contribution is 2.30. The average molecular weight is 297 g/mol. The second kappa shape index (κ2) is 6.58. The van der Waals surface area contributed by atoms with Crippen molar-refractivity contribution in [3.8, 4) is 0 Å². The topological polar surface area (TPSA) is 29.3 Å². The largest absolute Gasteiger partial charge is 0.389 e. The first-order valence-electron chi connectivity index (χ1n) is 6.99. The van der Waals surface area contributed by atoms with Crippen LogP contribution in [0.1, 0.15) is 44.6 Å². The van der Waals surface area contributed by atoms with Crippen LogP contribution in [0.15, 0.2) is 18.2 Å². The molecule has 2 N–H and O–H groups in total. The summed E-state index contributed by atoms with van der Waals surface area (Å²) in [4.78, 5) is 2.90. The van der Waals surface area contributed by atoms with Gasteiger partial charge in [-0.15, -0.1) is 0 Å². The summed E-state index contributed by atoms with van der Waals surface area (Å²) in [7, 11) is 0. The Balaban J connectivity index is 2.40. The molecule has 1 fully saturated rings. The zero-order valence-corrected chi connectivity index (χ0v) is 12.9. The van der Waals surface area contributed by atoms with Crippen LogP contribution in [-0.2, 0) is 0 Å². The van der Waals surface area contributed by atoms with Crippen molar-refractivity contribution in [2.24, 2.45) is 5.73 Å². The lowest BCUT2D eigenvalue weighted by Gasteiger charge is -2.33. The van der Waals surface area contributed by atoms with Gasteiger partial charge in [0.1, 0.15) is 4.99 Å². The summed E-state index contributed by atoms with van der Waals surface area (Å²) in [6.07, 6.45) is 6.25. The predicted molar refractivity (Wildman–Crippen MR) is 87.2 cm³/mol. The van der Waals surface area contributed by atoms with Crippen LogP contribution in [0.2, 0.25) is 5.02 Å². The number of hydrogen-bond donors (Lipinski definition) is 1. The van der Waals surface area contributed by atoms with Gasteiger partial charge in [0, 0.05) is 28.9 Å².